The predicted molar refractivity (Wildman–Crippen MR) is 173 cm³/mol. The molecule has 3 fully saturated rings. The molecule has 8 nitrogen and oxygen atoms in total. The Balaban J connectivity index is 1.64. The van der Waals surface area contributed by atoms with E-state index < -0.39 is 47.7 Å². The quantitative estimate of drug-likeness (QED) is 0.183. The second-order valence-electron chi connectivity index (χ2n) is 13.0. The van der Waals surface area contributed by atoms with Crippen molar-refractivity contribution in [1.82, 2.24) is 4.90 Å². The highest BCUT2D eigenvalue weighted by Crippen LogP contribution is 2.66. The fourth-order valence-corrected chi connectivity index (χ4v) is 8.13. The number of carbonyl (C=O) groups is 3. The Bertz CT molecular complexity index is 1440. The number of amides is 2. The van der Waals surface area contributed by atoms with Crippen LogP contribution in [-0.4, -0.2) is 64.8 Å². The molecule has 45 heavy (non-hydrogen) atoms. The number of allylic oxidation sites excluding steroid dienone is 1. The first-order valence-corrected chi connectivity index (χ1v) is 16.0. The molecule has 2 aromatic carbocycles. The maximum Gasteiger partial charge on any atom is 0.312 e. The van der Waals surface area contributed by atoms with Crippen LogP contribution < -0.4 is 4.90 Å². The molecule has 2 amide bonds. The summed E-state index contributed by atoms with van der Waals surface area (Å²) >= 11 is 0. The number of fused-ring (bicyclic) bond motifs is 1. The summed E-state index contributed by atoms with van der Waals surface area (Å²) in [4.78, 5) is 47.0. The van der Waals surface area contributed by atoms with Crippen molar-refractivity contribution >= 4 is 23.5 Å². The summed E-state index contributed by atoms with van der Waals surface area (Å²) in [5.41, 5.74) is 0.982. The fourth-order valence-electron chi connectivity index (χ4n) is 8.13. The van der Waals surface area contributed by atoms with E-state index in [1.54, 1.807) is 11.0 Å². The number of likely N-dealkylation sites (tertiary alicyclic amines) is 1. The minimum atomic E-state index is -1.28. The molecule has 240 valence electrons. The minimum Gasteiger partial charge on any atom is -0.465 e. The maximum absolute atomic E-state index is 15.1. The Morgan fingerprint density at radius 3 is 2.42 bits per heavy atom. The van der Waals surface area contributed by atoms with E-state index in [9.17, 15) is 14.7 Å². The van der Waals surface area contributed by atoms with Gasteiger partial charge in [-0.05, 0) is 69.1 Å². The third kappa shape index (κ3) is 5.32. The molecular weight excluding hydrogens is 568 g/mol. The number of aliphatic hydroxyl groups is 1. The molecule has 0 saturated carbocycles. The summed E-state index contributed by atoms with van der Waals surface area (Å²) in [6, 6.07) is 13.1. The Morgan fingerprint density at radius 1 is 1.11 bits per heavy atom. The Labute approximate surface area is 266 Å². The van der Waals surface area contributed by atoms with Gasteiger partial charge in [-0.25, -0.2) is 0 Å². The molecule has 0 aromatic heterocycles. The average molecular weight is 615 g/mol. The van der Waals surface area contributed by atoms with Gasteiger partial charge in [0.2, 0.25) is 5.91 Å². The Kier molecular flexibility index (Phi) is 9.38. The number of aryl methyl sites for hydroxylation is 2. The molecule has 3 saturated heterocycles. The van der Waals surface area contributed by atoms with Gasteiger partial charge in [-0.3, -0.25) is 14.4 Å². The summed E-state index contributed by atoms with van der Waals surface area (Å²) in [6.45, 7) is 15.5. The lowest BCUT2D eigenvalue weighted by Gasteiger charge is -2.40. The van der Waals surface area contributed by atoms with Gasteiger partial charge < -0.3 is 24.4 Å². The number of carbonyl (C=O) groups excluding carboxylic acids is 3. The zero-order valence-corrected chi connectivity index (χ0v) is 26.9. The van der Waals surface area contributed by atoms with Crippen molar-refractivity contribution in [2.24, 2.45) is 17.8 Å². The molecule has 5 rings (SSSR count). The number of hydrogen-bond acceptors (Lipinski definition) is 6. The van der Waals surface area contributed by atoms with Crippen LogP contribution in [-0.2, 0) is 23.9 Å². The smallest absolute Gasteiger partial charge is 0.312 e. The normalized spacial score (nSPS) is 28.9. The van der Waals surface area contributed by atoms with Gasteiger partial charge in [0.1, 0.15) is 17.6 Å². The van der Waals surface area contributed by atoms with E-state index in [4.69, 9.17) is 9.47 Å². The largest absolute Gasteiger partial charge is 0.465 e. The first-order valence-electron chi connectivity index (χ1n) is 16.0. The monoisotopic (exact) mass is 614 g/mol. The van der Waals surface area contributed by atoms with Crippen LogP contribution in [0.2, 0.25) is 0 Å². The van der Waals surface area contributed by atoms with Crippen LogP contribution in [0.5, 0.6) is 0 Å². The number of hydrogen-bond donors (Lipinski definition) is 1. The first-order chi connectivity index (χ1) is 21.6. The van der Waals surface area contributed by atoms with E-state index in [1.807, 2.05) is 82.3 Å². The van der Waals surface area contributed by atoms with E-state index in [1.165, 1.54) is 4.90 Å². The second kappa shape index (κ2) is 12.9. The molecule has 3 unspecified atom stereocenters. The number of unbranched alkanes of at least 4 members (excludes halogenated alkanes) is 2. The summed E-state index contributed by atoms with van der Waals surface area (Å²) in [5.74, 6) is -3.14. The number of esters is 1. The lowest BCUT2D eigenvalue weighted by Crippen LogP contribution is -2.57. The van der Waals surface area contributed by atoms with Crippen LogP contribution in [0.25, 0.3) is 0 Å². The van der Waals surface area contributed by atoms with Crippen LogP contribution in [0, 0.1) is 31.6 Å². The molecular formula is C37H46N2O6. The van der Waals surface area contributed by atoms with E-state index in [0.29, 0.717) is 18.4 Å². The highest BCUT2D eigenvalue weighted by atomic mass is 16.6. The van der Waals surface area contributed by atoms with Crippen molar-refractivity contribution in [2.45, 2.75) is 76.7 Å². The number of ether oxygens (including phenoxy) is 2. The molecule has 3 heterocycles. The lowest BCUT2D eigenvalue weighted by atomic mass is 9.62. The SMILES string of the molecule is C=CCCCCOC(=O)[C@H]1[C@H]2C(=O)N([C@H](CO)c3ccccc3)C(C(=O)N(CC=C)c3c(C)cccc3C)C23CC(C)[C@]1(C)O3. The third-order valence-electron chi connectivity index (χ3n) is 10.3. The van der Waals surface area contributed by atoms with Crippen molar-refractivity contribution in [2.75, 3.05) is 24.7 Å². The van der Waals surface area contributed by atoms with Gasteiger partial charge in [-0.2, -0.15) is 0 Å². The van der Waals surface area contributed by atoms with Crippen LogP contribution in [0.4, 0.5) is 5.69 Å². The zero-order chi connectivity index (χ0) is 32.5. The molecule has 8 heteroatoms. The molecule has 1 spiro atoms. The lowest BCUT2D eigenvalue weighted by molar-refractivity contribution is -0.162. The minimum absolute atomic E-state index is 0.132. The van der Waals surface area contributed by atoms with Crippen LogP contribution in [0.3, 0.4) is 0 Å². The van der Waals surface area contributed by atoms with E-state index in [2.05, 4.69) is 13.2 Å². The van der Waals surface area contributed by atoms with Gasteiger partial charge in [-0.1, -0.05) is 67.6 Å². The molecule has 0 aliphatic carbocycles. The van der Waals surface area contributed by atoms with Gasteiger partial charge in [0.25, 0.3) is 5.91 Å². The standard InChI is InChI=1S/C37H46N2O6/c1-7-9-10-14-21-44-35(43)30-29-33(41)39(28(23-40)27-18-12-11-13-19-27)32(37(29)22-26(5)36(30,6)45-37)34(42)38(20-8-2)31-24(3)16-15-17-25(31)4/h7-8,11-13,15-19,26,28-30,32,40H,1-2,9-10,14,20-23H2,3-6H3/t26?,28-,29+,30-,32?,36+,37?/m1/s1. The molecule has 3 aliphatic heterocycles. The molecule has 0 radical (unpaired) electrons. The number of benzene rings is 2. The Hall–Kier alpha value is -3.75. The molecule has 1 N–H and O–H groups in total. The molecule has 2 bridgehead atoms. The molecule has 7 atom stereocenters. The maximum atomic E-state index is 15.1. The highest BCUT2D eigenvalue weighted by molar-refractivity contribution is 6.05. The first kappa shape index (κ1) is 32.6. The van der Waals surface area contributed by atoms with Crippen molar-refractivity contribution in [3.63, 3.8) is 0 Å². The second-order valence-corrected chi connectivity index (χ2v) is 13.0. The van der Waals surface area contributed by atoms with Crippen molar-refractivity contribution in [1.29, 1.82) is 0 Å². The topological polar surface area (TPSA) is 96.4 Å². The van der Waals surface area contributed by atoms with E-state index >= 15 is 4.79 Å². The van der Waals surface area contributed by atoms with Gasteiger partial charge in [-0.15, -0.1) is 13.2 Å². The molecule has 2 aromatic rings. The number of para-hydroxylation sites is 1. The summed E-state index contributed by atoms with van der Waals surface area (Å²) in [5, 5.41) is 10.8. The summed E-state index contributed by atoms with van der Waals surface area (Å²) in [6.07, 6.45) is 6.27. The van der Waals surface area contributed by atoms with Gasteiger partial charge >= 0.3 is 5.97 Å². The zero-order valence-electron chi connectivity index (χ0n) is 26.9. The number of nitrogens with zero attached hydrogens (tertiary/aromatic N) is 2. The summed E-state index contributed by atoms with van der Waals surface area (Å²) in [7, 11) is 0. The van der Waals surface area contributed by atoms with Crippen molar-refractivity contribution in [3.8, 4) is 0 Å². The number of anilines is 1. The van der Waals surface area contributed by atoms with Crippen molar-refractivity contribution in [3.05, 3.63) is 90.5 Å². The van der Waals surface area contributed by atoms with Crippen LogP contribution in [0.15, 0.2) is 73.8 Å². The Morgan fingerprint density at radius 2 is 1.80 bits per heavy atom. The van der Waals surface area contributed by atoms with Crippen molar-refractivity contribution < 1.29 is 29.0 Å². The highest BCUT2D eigenvalue weighted by Gasteiger charge is 2.81. The van der Waals surface area contributed by atoms with E-state index in [-0.39, 0.29) is 30.9 Å². The van der Waals surface area contributed by atoms with E-state index in [0.717, 1.165) is 29.7 Å². The third-order valence-corrected chi connectivity index (χ3v) is 10.3. The predicted octanol–water partition coefficient (Wildman–Crippen LogP) is 5.47. The fraction of sp³-hybridized carbons (Fsp3) is 0.486. The number of rotatable bonds is 13. The van der Waals surface area contributed by atoms with Crippen LogP contribution >= 0.6 is 0 Å². The number of aliphatic hydroxyl groups excluding tert-OH is 1. The van der Waals surface area contributed by atoms with Gasteiger partial charge in [0.05, 0.1) is 30.8 Å². The summed E-state index contributed by atoms with van der Waals surface area (Å²) < 4.78 is 12.7. The van der Waals surface area contributed by atoms with Gasteiger partial charge in [0.15, 0.2) is 0 Å². The molecule has 3 aliphatic rings. The van der Waals surface area contributed by atoms with Gasteiger partial charge in [0, 0.05) is 12.2 Å². The average Bonchev–Trinajstić information content (AvgIpc) is 3.53. The van der Waals surface area contributed by atoms with Crippen LogP contribution in [0.1, 0.15) is 62.3 Å².